The van der Waals surface area contributed by atoms with Crippen LogP contribution >= 0.6 is 0 Å². The molecule has 0 aliphatic heterocycles. The second-order valence-corrected chi connectivity index (χ2v) is 5.18. The van der Waals surface area contributed by atoms with E-state index in [-0.39, 0.29) is 30.3 Å². The quantitative estimate of drug-likeness (QED) is 0.680. The minimum atomic E-state index is -0.959. The average Bonchev–Trinajstić information content (AvgIpc) is 2.40. The van der Waals surface area contributed by atoms with E-state index in [2.05, 4.69) is 10.1 Å². The van der Waals surface area contributed by atoms with Crippen molar-refractivity contribution in [3.63, 3.8) is 0 Å². The zero-order valence-corrected chi connectivity index (χ0v) is 12.9. The summed E-state index contributed by atoms with van der Waals surface area (Å²) in [6.45, 7) is 7.20. The third-order valence-electron chi connectivity index (χ3n) is 2.82. The largest absolute Gasteiger partial charge is 0.467 e. The van der Waals surface area contributed by atoms with E-state index >= 15 is 0 Å². The third kappa shape index (κ3) is 7.11. The Morgan fingerprint density at radius 2 is 1.70 bits per heavy atom. The molecule has 0 aliphatic rings. The fourth-order valence-electron chi connectivity index (χ4n) is 1.41. The summed E-state index contributed by atoms with van der Waals surface area (Å²) in [5.41, 5.74) is 0. The standard InChI is InChI=1S/C14H25NO5/c1-6-10(4)13(17)20-8-11(14(18)19-5)15-12(16)7-9(2)3/h9-11H,6-8H2,1-5H3,(H,15,16)/t10?,11-/m0/s1. The monoisotopic (exact) mass is 287 g/mol. The summed E-state index contributed by atoms with van der Waals surface area (Å²) >= 11 is 0. The third-order valence-corrected chi connectivity index (χ3v) is 2.82. The second kappa shape index (κ2) is 9.34. The van der Waals surface area contributed by atoms with Gasteiger partial charge in [-0.05, 0) is 12.3 Å². The van der Waals surface area contributed by atoms with Gasteiger partial charge in [0, 0.05) is 6.42 Å². The Labute approximate surface area is 120 Å². The fraction of sp³-hybridized carbons (Fsp3) is 0.786. The van der Waals surface area contributed by atoms with Gasteiger partial charge in [-0.15, -0.1) is 0 Å². The van der Waals surface area contributed by atoms with E-state index in [1.54, 1.807) is 6.92 Å². The topological polar surface area (TPSA) is 81.7 Å². The van der Waals surface area contributed by atoms with Crippen molar-refractivity contribution < 1.29 is 23.9 Å². The Morgan fingerprint density at radius 3 is 2.15 bits per heavy atom. The molecule has 1 unspecified atom stereocenters. The number of carbonyl (C=O) groups is 3. The predicted molar refractivity (Wildman–Crippen MR) is 73.8 cm³/mol. The second-order valence-electron chi connectivity index (χ2n) is 5.18. The van der Waals surface area contributed by atoms with Gasteiger partial charge in [-0.3, -0.25) is 9.59 Å². The number of amides is 1. The first-order valence-electron chi connectivity index (χ1n) is 6.85. The van der Waals surface area contributed by atoms with Crippen LogP contribution in [-0.2, 0) is 23.9 Å². The lowest BCUT2D eigenvalue weighted by atomic mass is 10.1. The Hall–Kier alpha value is -1.59. The normalized spacial score (nSPS) is 13.5. The van der Waals surface area contributed by atoms with Crippen LogP contribution in [0.1, 0.15) is 40.5 Å². The van der Waals surface area contributed by atoms with Crippen LogP contribution in [-0.4, -0.2) is 37.6 Å². The highest BCUT2D eigenvalue weighted by molar-refractivity contribution is 5.85. The van der Waals surface area contributed by atoms with Gasteiger partial charge in [0.25, 0.3) is 0 Å². The molecule has 0 saturated heterocycles. The zero-order chi connectivity index (χ0) is 15.7. The molecule has 0 fully saturated rings. The van der Waals surface area contributed by atoms with Crippen LogP contribution in [0.25, 0.3) is 0 Å². The molecule has 0 aromatic heterocycles. The highest BCUT2D eigenvalue weighted by Gasteiger charge is 2.24. The van der Waals surface area contributed by atoms with E-state index in [1.165, 1.54) is 7.11 Å². The van der Waals surface area contributed by atoms with E-state index in [9.17, 15) is 14.4 Å². The van der Waals surface area contributed by atoms with Crippen molar-refractivity contribution >= 4 is 17.8 Å². The van der Waals surface area contributed by atoms with Gasteiger partial charge in [0.15, 0.2) is 6.04 Å². The number of hydrogen-bond donors (Lipinski definition) is 1. The van der Waals surface area contributed by atoms with Crippen LogP contribution in [0.2, 0.25) is 0 Å². The van der Waals surface area contributed by atoms with Crippen LogP contribution in [0.3, 0.4) is 0 Å². The molecule has 2 atom stereocenters. The SMILES string of the molecule is CCC(C)C(=O)OC[C@H](NC(=O)CC(C)C)C(=O)OC. The Kier molecular flexibility index (Phi) is 8.59. The Bertz CT molecular complexity index is 340. The number of methoxy groups -OCH3 is 1. The predicted octanol–water partition coefficient (Wildman–Crippen LogP) is 1.28. The number of nitrogens with one attached hydrogen (secondary N) is 1. The molecule has 0 rings (SSSR count). The van der Waals surface area contributed by atoms with Gasteiger partial charge in [0.05, 0.1) is 13.0 Å². The van der Waals surface area contributed by atoms with Crippen LogP contribution in [0.4, 0.5) is 0 Å². The maximum absolute atomic E-state index is 11.7. The van der Waals surface area contributed by atoms with E-state index in [0.29, 0.717) is 12.8 Å². The molecule has 1 amide bonds. The van der Waals surface area contributed by atoms with Gasteiger partial charge in [0.2, 0.25) is 5.91 Å². The van der Waals surface area contributed by atoms with Gasteiger partial charge in [-0.1, -0.05) is 27.7 Å². The lowest BCUT2D eigenvalue weighted by Crippen LogP contribution is -2.45. The van der Waals surface area contributed by atoms with Crippen LogP contribution in [0.5, 0.6) is 0 Å². The van der Waals surface area contributed by atoms with Crippen LogP contribution in [0, 0.1) is 11.8 Å². The van der Waals surface area contributed by atoms with E-state index < -0.39 is 12.0 Å². The van der Waals surface area contributed by atoms with Gasteiger partial charge in [-0.2, -0.15) is 0 Å². The highest BCUT2D eigenvalue weighted by Crippen LogP contribution is 2.05. The molecule has 0 saturated carbocycles. The minimum Gasteiger partial charge on any atom is -0.467 e. The van der Waals surface area contributed by atoms with Crippen molar-refractivity contribution in [1.29, 1.82) is 0 Å². The lowest BCUT2D eigenvalue weighted by Gasteiger charge is -2.18. The van der Waals surface area contributed by atoms with Gasteiger partial charge in [0.1, 0.15) is 6.61 Å². The summed E-state index contributed by atoms with van der Waals surface area (Å²) < 4.78 is 9.62. The first-order chi connectivity index (χ1) is 9.31. The van der Waals surface area contributed by atoms with Crippen molar-refractivity contribution in [3.8, 4) is 0 Å². The minimum absolute atomic E-state index is 0.177. The van der Waals surface area contributed by atoms with Crippen LogP contribution in [0.15, 0.2) is 0 Å². The van der Waals surface area contributed by atoms with Crippen molar-refractivity contribution in [2.24, 2.45) is 11.8 Å². The number of rotatable bonds is 8. The maximum Gasteiger partial charge on any atom is 0.331 e. The molecule has 6 nitrogen and oxygen atoms in total. The number of hydrogen-bond acceptors (Lipinski definition) is 5. The summed E-state index contributed by atoms with van der Waals surface area (Å²) in [6.07, 6.45) is 0.953. The van der Waals surface area contributed by atoms with Crippen molar-refractivity contribution in [2.45, 2.75) is 46.6 Å². The summed E-state index contributed by atoms with van der Waals surface area (Å²) in [4.78, 5) is 34.8. The van der Waals surface area contributed by atoms with Gasteiger partial charge in [-0.25, -0.2) is 4.79 Å². The molecule has 6 heteroatoms. The summed E-state index contributed by atoms with van der Waals surface area (Å²) in [5.74, 6) is -1.34. The van der Waals surface area contributed by atoms with Crippen molar-refractivity contribution in [1.82, 2.24) is 5.32 Å². The first-order valence-corrected chi connectivity index (χ1v) is 6.85. The van der Waals surface area contributed by atoms with Crippen molar-refractivity contribution in [3.05, 3.63) is 0 Å². The molecule has 0 aromatic rings. The molecule has 0 radical (unpaired) electrons. The van der Waals surface area contributed by atoms with E-state index in [1.807, 2.05) is 20.8 Å². The molecule has 1 N–H and O–H groups in total. The summed E-state index contributed by atoms with van der Waals surface area (Å²) in [6, 6.07) is -0.959. The number of esters is 2. The zero-order valence-electron chi connectivity index (χ0n) is 12.9. The van der Waals surface area contributed by atoms with Gasteiger partial charge < -0.3 is 14.8 Å². The summed E-state index contributed by atoms with van der Waals surface area (Å²) in [7, 11) is 1.22. The average molecular weight is 287 g/mol. The summed E-state index contributed by atoms with van der Waals surface area (Å²) in [5, 5.41) is 2.52. The maximum atomic E-state index is 11.7. The molecule has 0 bridgehead atoms. The number of ether oxygens (including phenoxy) is 2. The Balaban J connectivity index is 4.47. The van der Waals surface area contributed by atoms with Crippen molar-refractivity contribution in [2.75, 3.05) is 13.7 Å². The first kappa shape index (κ1) is 18.4. The molecular formula is C14H25NO5. The molecule has 0 heterocycles. The molecule has 0 spiro atoms. The fourth-order valence-corrected chi connectivity index (χ4v) is 1.41. The molecule has 116 valence electrons. The van der Waals surface area contributed by atoms with E-state index in [0.717, 1.165) is 0 Å². The number of carbonyl (C=O) groups excluding carboxylic acids is 3. The smallest absolute Gasteiger partial charge is 0.331 e. The van der Waals surface area contributed by atoms with Gasteiger partial charge >= 0.3 is 11.9 Å². The highest BCUT2D eigenvalue weighted by atomic mass is 16.5. The molecule has 0 aromatic carbocycles. The molecular weight excluding hydrogens is 262 g/mol. The molecule has 0 aliphatic carbocycles. The molecule has 20 heavy (non-hydrogen) atoms. The van der Waals surface area contributed by atoms with Crippen LogP contribution < -0.4 is 5.32 Å². The Morgan fingerprint density at radius 1 is 1.10 bits per heavy atom. The lowest BCUT2D eigenvalue weighted by molar-refractivity contribution is -0.154. The van der Waals surface area contributed by atoms with E-state index in [4.69, 9.17) is 4.74 Å².